The molecule has 3 rings (SSSR count). The molecule has 1 heterocycles. The molecule has 2 aliphatic carbocycles. The lowest BCUT2D eigenvalue weighted by Crippen LogP contribution is -2.48. The second-order valence-electron chi connectivity index (χ2n) is 7.35. The molecule has 0 spiro atoms. The van der Waals surface area contributed by atoms with Gasteiger partial charge in [-0.1, -0.05) is 18.1 Å². The van der Waals surface area contributed by atoms with Crippen molar-refractivity contribution in [2.45, 2.75) is 64.4 Å². The summed E-state index contributed by atoms with van der Waals surface area (Å²) in [6.45, 7) is 6.64. The first-order valence-corrected chi connectivity index (χ1v) is 8.11. The molecule has 6 nitrogen and oxygen atoms in total. The van der Waals surface area contributed by atoms with Gasteiger partial charge in [0.1, 0.15) is 12.2 Å². The summed E-state index contributed by atoms with van der Waals surface area (Å²) in [5, 5.41) is 21.1. The third-order valence-corrected chi connectivity index (χ3v) is 5.80. The minimum absolute atomic E-state index is 0.319. The van der Waals surface area contributed by atoms with Crippen LogP contribution in [-0.4, -0.2) is 46.1 Å². The van der Waals surface area contributed by atoms with Gasteiger partial charge in [0.2, 0.25) is 0 Å². The molecule has 6 heteroatoms. The number of aliphatic hydroxyl groups excluding tert-OH is 1. The SMILES string of the molecule is CC(=O)O[C@H]1CC(C)=C2C[C@@H](O)[C@](C)(O)[C@@H]2[C@H]2OC(=O)[C@@H](C)[C@@H]21. The normalized spacial score (nSPS) is 46.1. The van der Waals surface area contributed by atoms with Crippen molar-refractivity contribution in [1.29, 1.82) is 0 Å². The lowest BCUT2D eigenvalue weighted by Gasteiger charge is -2.35. The zero-order chi connectivity index (χ0) is 17.1. The van der Waals surface area contributed by atoms with Crippen LogP contribution >= 0.6 is 0 Å². The number of carbonyl (C=O) groups excluding carboxylic acids is 2. The first-order valence-electron chi connectivity index (χ1n) is 8.11. The van der Waals surface area contributed by atoms with Crippen LogP contribution in [-0.2, 0) is 19.1 Å². The molecular formula is C17H24O6. The van der Waals surface area contributed by atoms with Gasteiger partial charge >= 0.3 is 11.9 Å². The number of rotatable bonds is 1. The molecule has 128 valence electrons. The molecule has 0 bridgehead atoms. The maximum atomic E-state index is 12.1. The number of hydrogen-bond acceptors (Lipinski definition) is 6. The van der Waals surface area contributed by atoms with Gasteiger partial charge in [-0.2, -0.15) is 0 Å². The molecule has 0 unspecified atom stereocenters. The highest BCUT2D eigenvalue weighted by Gasteiger charge is 2.61. The van der Waals surface area contributed by atoms with E-state index in [1.807, 2.05) is 6.92 Å². The standard InChI is InChI=1S/C17H24O6/c1-7-5-11(22-9(3)18)13-8(2)16(20)23-15(13)14-10(7)6-12(19)17(14,4)21/h8,11-15,19,21H,5-6H2,1-4H3/t8-,11-,12+,13+,14-,15-,17-/m0/s1. The first kappa shape index (κ1) is 16.5. The van der Waals surface area contributed by atoms with Gasteiger partial charge in [0.05, 0.1) is 17.6 Å². The number of fused-ring (bicyclic) bond motifs is 3. The van der Waals surface area contributed by atoms with Crippen molar-refractivity contribution in [3.05, 3.63) is 11.1 Å². The summed E-state index contributed by atoms with van der Waals surface area (Å²) in [5.41, 5.74) is 0.555. The van der Waals surface area contributed by atoms with Crippen LogP contribution in [0.3, 0.4) is 0 Å². The molecule has 0 amide bonds. The van der Waals surface area contributed by atoms with Crippen molar-refractivity contribution in [2.24, 2.45) is 17.8 Å². The Kier molecular flexibility index (Phi) is 3.80. The van der Waals surface area contributed by atoms with Gasteiger partial charge in [-0.15, -0.1) is 0 Å². The van der Waals surface area contributed by atoms with E-state index in [9.17, 15) is 19.8 Å². The van der Waals surface area contributed by atoms with Gasteiger partial charge in [-0.3, -0.25) is 9.59 Å². The molecule has 0 aromatic heterocycles. The van der Waals surface area contributed by atoms with Gasteiger partial charge in [0.25, 0.3) is 0 Å². The van der Waals surface area contributed by atoms with E-state index >= 15 is 0 Å². The van der Waals surface area contributed by atoms with Crippen LogP contribution in [0.2, 0.25) is 0 Å². The maximum Gasteiger partial charge on any atom is 0.309 e. The number of carbonyl (C=O) groups is 2. The molecule has 0 radical (unpaired) electrons. The fraction of sp³-hybridized carbons (Fsp3) is 0.765. The Morgan fingerprint density at radius 3 is 2.65 bits per heavy atom. The van der Waals surface area contributed by atoms with E-state index in [1.165, 1.54) is 6.92 Å². The van der Waals surface area contributed by atoms with Crippen molar-refractivity contribution in [3.8, 4) is 0 Å². The van der Waals surface area contributed by atoms with Crippen LogP contribution in [0.4, 0.5) is 0 Å². The van der Waals surface area contributed by atoms with Gasteiger partial charge in [0.15, 0.2) is 0 Å². The zero-order valence-corrected chi connectivity index (χ0v) is 13.9. The molecule has 23 heavy (non-hydrogen) atoms. The highest BCUT2D eigenvalue weighted by atomic mass is 16.6. The topological polar surface area (TPSA) is 93.1 Å². The van der Waals surface area contributed by atoms with Gasteiger partial charge in [-0.05, 0) is 20.3 Å². The van der Waals surface area contributed by atoms with Crippen molar-refractivity contribution in [1.82, 2.24) is 0 Å². The minimum atomic E-state index is -1.37. The van der Waals surface area contributed by atoms with E-state index in [2.05, 4.69) is 0 Å². The molecule has 2 fully saturated rings. The van der Waals surface area contributed by atoms with Crippen LogP contribution in [0, 0.1) is 17.8 Å². The summed E-state index contributed by atoms with van der Waals surface area (Å²) in [5.74, 6) is -1.92. The Balaban J connectivity index is 2.08. The fourth-order valence-corrected chi connectivity index (χ4v) is 4.56. The summed E-state index contributed by atoms with van der Waals surface area (Å²) >= 11 is 0. The van der Waals surface area contributed by atoms with Gasteiger partial charge < -0.3 is 19.7 Å². The second-order valence-corrected chi connectivity index (χ2v) is 7.35. The van der Waals surface area contributed by atoms with Crippen molar-refractivity contribution >= 4 is 11.9 Å². The lowest BCUT2D eigenvalue weighted by atomic mass is 9.76. The van der Waals surface area contributed by atoms with E-state index in [1.54, 1.807) is 13.8 Å². The summed E-state index contributed by atoms with van der Waals surface area (Å²) in [4.78, 5) is 23.6. The molecule has 7 atom stereocenters. The van der Waals surface area contributed by atoms with Gasteiger partial charge in [0, 0.05) is 25.2 Å². The van der Waals surface area contributed by atoms with Crippen molar-refractivity contribution < 1.29 is 29.3 Å². The first-order chi connectivity index (χ1) is 10.6. The van der Waals surface area contributed by atoms with Crippen LogP contribution in [0.25, 0.3) is 0 Å². The number of hydrogen-bond donors (Lipinski definition) is 2. The smallest absolute Gasteiger partial charge is 0.309 e. The minimum Gasteiger partial charge on any atom is -0.462 e. The summed E-state index contributed by atoms with van der Waals surface area (Å²) in [7, 11) is 0. The number of esters is 2. The Hall–Kier alpha value is -1.40. The maximum absolute atomic E-state index is 12.1. The Bertz CT molecular complexity index is 578. The van der Waals surface area contributed by atoms with Crippen LogP contribution in [0.1, 0.15) is 40.5 Å². The Labute approximate surface area is 135 Å². The van der Waals surface area contributed by atoms with E-state index in [0.29, 0.717) is 12.8 Å². The highest BCUT2D eigenvalue weighted by Crippen LogP contribution is 2.53. The Morgan fingerprint density at radius 2 is 2.04 bits per heavy atom. The summed E-state index contributed by atoms with van der Waals surface area (Å²) < 4.78 is 11.1. The van der Waals surface area contributed by atoms with Crippen LogP contribution in [0.5, 0.6) is 0 Å². The third-order valence-electron chi connectivity index (χ3n) is 5.80. The van der Waals surface area contributed by atoms with Crippen molar-refractivity contribution in [3.63, 3.8) is 0 Å². The van der Waals surface area contributed by atoms with Crippen LogP contribution < -0.4 is 0 Å². The fourth-order valence-electron chi connectivity index (χ4n) is 4.56. The van der Waals surface area contributed by atoms with Crippen molar-refractivity contribution in [2.75, 3.05) is 0 Å². The van der Waals surface area contributed by atoms with Gasteiger partial charge in [-0.25, -0.2) is 0 Å². The largest absolute Gasteiger partial charge is 0.462 e. The van der Waals surface area contributed by atoms with Crippen LogP contribution in [0.15, 0.2) is 11.1 Å². The summed E-state index contributed by atoms with van der Waals surface area (Å²) in [6.07, 6.45) is -1.08. The molecule has 1 saturated heterocycles. The molecule has 1 saturated carbocycles. The van der Waals surface area contributed by atoms with E-state index in [4.69, 9.17) is 9.47 Å². The quantitative estimate of drug-likeness (QED) is 0.551. The molecular weight excluding hydrogens is 300 g/mol. The molecule has 2 N–H and O–H groups in total. The highest BCUT2D eigenvalue weighted by molar-refractivity contribution is 5.75. The second kappa shape index (κ2) is 5.31. The molecule has 0 aromatic carbocycles. The molecule has 0 aromatic rings. The van der Waals surface area contributed by atoms with E-state index in [0.717, 1.165) is 11.1 Å². The third kappa shape index (κ3) is 2.39. The average molecular weight is 324 g/mol. The average Bonchev–Trinajstić information content (AvgIpc) is 2.79. The Morgan fingerprint density at radius 1 is 1.39 bits per heavy atom. The molecule has 1 aliphatic heterocycles. The monoisotopic (exact) mass is 324 g/mol. The van der Waals surface area contributed by atoms with E-state index in [-0.39, 0.29) is 11.9 Å². The number of ether oxygens (including phenoxy) is 2. The predicted molar refractivity (Wildman–Crippen MR) is 80.1 cm³/mol. The van der Waals surface area contributed by atoms with E-state index < -0.39 is 41.7 Å². The summed E-state index contributed by atoms with van der Waals surface area (Å²) in [6, 6.07) is 0. The number of aliphatic hydroxyl groups is 2. The lowest BCUT2D eigenvalue weighted by molar-refractivity contribution is -0.154. The predicted octanol–water partition coefficient (Wildman–Crippen LogP) is 0.948. The molecule has 3 aliphatic rings. The zero-order valence-electron chi connectivity index (χ0n) is 13.9.